The van der Waals surface area contributed by atoms with Crippen LogP contribution in [-0.4, -0.2) is 43.3 Å². The van der Waals surface area contributed by atoms with Gasteiger partial charge in [0.05, 0.1) is 35.0 Å². The number of esters is 1. The number of aryl methyl sites for hydroxylation is 1. The number of carbonyl (C=O) groups is 1. The van der Waals surface area contributed by atoms with E-state index in [0.717, 1.165) is 11.3 Å². The second-order valence-electron chi connectivity index (χ2n) is 6.24. The third kappa shape index (κ3) is 3.87. The number of fused-ring (bicyclic) bond motifs is 1. The molecule has 0 saturated heterocycles. The van der Waals surface area contributed by atoms with Crippen LogP contribution in [0.1, 0.15) is 21.7 Å². The van der Waals surface area contributed by atoms with Crippen molar-refractivity contribution < 1.29 is 9.53 Å². The highest BCUT2D eigenvalue weighted by atomic mass is 32.2. The van der Waals surface area contributed by atoms with Crippen molar-refractivity contribution in [2.24, 2.45) is 0 Å². The van der Waals surface area contributed by atoms with Gasteiger partial charge in [-0.25, -0.2) is 9.78 Å². The quantitative estimate of drug-likeness (QED) is 0.395. The largest absolute Gasteiger partial charge is 0.465 e. The van der Waals surface area contributed by atoms with E-state index in [4.69, 9.17) is 4.74 Å². The van der Waals surface area contributed by atoms with E-state index in [1.54, 1.807) is 16.8 Å². The number of benzene rings is 2. The van der Waals surface area contributed by atoms with Crippen LogP contribution >= 0.6 is 11.8 Å². The fourth-order valence-corrected chi connectivity index (χ4v) is 3.59. The Morgan fingerprint density at radius 1 is 1.24 bits per heavy atom. The molecule has 0 radical (unpaired) electrons. The molecule has 9 nitrogen and oxygen atoms in total. The maximum absolute atomic E-state index is 12.4. The van der Waals surface area contributed by atoms with E-state index in [1.165, 1.54) is 24.9 Å². The highest BCUT2D eigenvalue weighted by Crippen LogP contribution is 2.22. The number of carbonyl (C=O) groups excluding carboxylic acids is 1. The number of nitrogens with one attached hydrogen (secondary N) is 1. The van der Waals surface area contributed by atoms with Gasteiger partial charge in [-0.05, 0) is 53.2 Å². The number of methoxy groups -OCH3 is 1. The zero-order chi connectivity index (χ0) is 20.4. The molecule has 0 aliphatic rings. The van der Waals surface area contributed by atoms with Crippen molar-refractivity contribution in [1.82, 2.24) is 30.2 Å². The number of ether oxygens (including phenoxy) is 1. The van der Waals surface area contributed by atoms with Crippen LogP contribution in [0, 0.1) is 6.92 Å². The summed E-state index contributed by atoms with van der Waals surface area (Å²) < 4.78 is 6.36. The third-order valence-electron chi connectivity index (χ3n) is 4.20. The number of nitrogens with zero attached hydrogens (tertiary/aromatic N) is 5. The zero-order valence-corrected chi connectivity index (χ0v) is 16.4. The molecule has 2 heterocycles. The van der Waals surface area contributed by atoms with Crippen LogP contribution in [0.2, 0.25) is 0 Å². The van der Waals surface area contributed by atoms with Crippen LogP contribution in [0.5, 0.6) is 0 Å². The van der Waals surface area contributed by atoms with E-state index in [-0.39, 0.29) is 5.56 Å². The number of tetrazole rings is 1. The first-order valence-corrected chi connectivity index (χ1v) is 9.63. The van der Waals surface area contributed by atoms with E-state index < -0.39 is 5.97 Å². The summed E-state index contributed by atoms with van der Waals surface area (Å²) in [5.74, 6) is 0.315. The van der Waals surface area contributed by atoms with Crippen molar-refractivity contribution in [3.63, 3.8) is 0 Å². The van der Waals surface area contributed by atoms with E-state index in [0.29, 0.717) is 33.2 Å². The Bertz CT molecular complexity index is 1270. The average molecular weight is 408 g/mol. The lowest BCUT2D eigenvalue weighted by Gasteiger charge is -2.06. The molecule has 4 aromatic rings. The second kappa shape index (κ2) is 7.84. The number of aromatic nitrogens is 6. The molecule has 2 aromatic carbocycles. The summed E-state index contributed by atoms with van der Waals surface area (Å²) in [6.07, 6.45) is 0. The lowest BCUT2D eigenvalue weighted by Crippen LogP contribution is -2.12. The molecule has 0 aliphatic heterocycles. The summed E-state index contributed by atoms with van der Waals surface area (Å²) in [5, 5.41) is 12.8. The van der Waals surface area contributed by atoms with E-state index >= 15 is 0 Å². The molecule has 0 unspecified atom stereocenters. The van der Waals surface area contributed by atoms with Gasteiger partial charge in [-0.2, -0.15) is 4.68 Å². The van der Waals surface area contributed by atoms with Crippen molar-refractivity contribution >= 4 is 28.6 Å². The molecule has 10 heteroatoms. The number of aromatic amines is 1. The van der Waals surface area contributed by atoms with E-state index in [2.05, 4.69) is 25.5 Å². The molecule has 0 spiro atoms. The summed E-state index contributed by atoms with van der Waals surface area (Å²) >= 11 is 1.34. The fraction of sp³-hybridized carbons (Fsp3) is 0.158. The highest BCUT2D eigenvalue weighted by molar-refractivity contribution is 7.98. The molecule has 0 aliphatic carbocycles. The van der Waals surface area contributed by atoms with Gasteiger partial charge in [-0.1, -0.05) is 23.9 Å². The first-order chi connectivity index (χ1) is 14.0. The third-order valence-corrected chi connectivity index (χ3v) is 5.13. The number of hydrogen-bond donors (Lipinski definition) is 1. The van der Waals surface area contributed by atoms with Gasteiger partial charge < -0.3 is 9.72 Å². The van der Waals surface area contributed by atoms with Crippen LogP contribution in [0.15, 0.2) is 52.4 Å². The lowest BCUT2D eigenvalue weighted by atomic mass is 10.1. The molecule has 29 heavy (non-hydrogen) atoms. The van der Waals surface area contributed by atoms with Crippen molar-refractivity contribution in [3.8, 4) is 5.69 Å². The summed E-state index contributed by atoms with van der Waals surface area (Å²) in [5.41, 5.74) is 2.42. The molecule has 2 aromatic heterocycles. The van der Waals surface area contributed by atoms with Crippen molar-refractivity contribution in [2.45, 2.75) is 17.8 Å². The SMILES string of the molecule is COC(=O)c1ccc2c(=O)[nH]c(CSc3nnnn3-c3cccc(C)c3)nc2c1. The van der Waals surface area contributed by atoms with Gasteiger partial charge in [0.2, 0.25) is 5.16 Å². The van der Waals surface area contributed by atoms with E-state index in [9.17, 15) is 9.59 Å². The fourth-order valence-electron chi connectivity index (χ4n) is 2.82. The molecule has 0 bridgehead atoms. The molecule has 0 fully saturated rings. The number of H-pyrrole nitrogens is 1. The number of rotatable bonds is 5. The minimum atomic E-state index is -0.484. The summed E-state index contributed by atoms with van der Waals surface area (Å²) in [6.45, 7) is 1.99. The molecule has 146 valence electrons. The first-order valence-electron chi connectivity index (χ1n) is 8.64. The van der Waals surface area contributed by atoms with Crippen LogP contribution in [-0.2, 0) is 10.5 Å². The lowest BCUT2D eigenvalue weighted by molar-refractivity contribution is 0.0601. The van der Waals surface area contributed by atoms with Crippen LogP contribution in [0.3, 0.4) is 0 Å². The maximum Gasteiger partial charge on any atom is 0.337 e. The molecule has 0 amide bonds. The smallest absolute Gasteiger partial charge is 0.337 e. The monoisotopic (exact) mass is 408 g/mol. The minimum Gasteiger partial charge on any atom is -0.465 e. The van der Waals surface area contributed by atoms with Gasteiger partial charge in [0.1, 0.15) is 5.82 Å². The molecule has 0 saturated carbocycles. The topological polar surface area (TPSA) is 116 Å². The Balaban J connectivity index is 1.62. The predicted molar refractivity (Wildman–Crippen MR) is 107 cm³/mol. The second-order valence-corrected chi connectivity index (χ2v) is 7.18. The van der Waals surface area contributed by atoms with Gasteiger partial charge in [0.25, 0.3) is 5.56 Å². The molecule has 0 atom stereocenters. The number of hydrogen-bond acceptors (Lipinski definition) is 8. The maximum atomic E-state index is 12.4. The Labute approximate surface area is 169 Å². The first kappa shape index (κ1) is 18.8. The predicted octanol–water partition coefficient (Wildman–Crippen LogP) is 2.29. The van der Waals surface area contributed by atoms with Crippen LogP contribution in [0.25, 0.3) is 16.6 Å². The molecular weight excluding hydrogens is 392 g/mol. The van der Waals surface area contributed by atoms with Gasteiger partial charge in [-0.15, -0.1) is 5.10 Å². The van der Waals surface area contributed by atoms with Crippen LogP contribution in [0.4, 0.5) is 0 Å². The van der Waals surface area contributed by atoms with Gasteiger partial charge in [0, 0.05) is 0 Å². The van der Waals surface area contributed by atoms with Gasteiger partial charge in [0.15, 0.2) is 0 Å². The van der Waals surface area contributed by atoms with Crippen LogP contribution < -0.4 is 5.56 Å². The minimum absolute atomic E-state index is 0.278. The Kier molecular flexibility index (Phi) is 5.09. The summed E-state index contributed by atoms with van der Waals surface area (Å²) in [6, 6.07) is 12.5. The summed E-state index contributed by atoms with van der Waals surface area (Å²) in [4.78, 5) is 31.3. The van der Waals surface area contributed by atoms with E-state index in [1.807, 2.05) is 31.2 Å². The average Bonchev–Trinajstić information content (AvgIpc) is 3.20. The van der Waals surface area contributed by atoms with Gasteiger partial charge >= 0.3 is 5.97 Å². The zero-order valence-electron chi connectivity index (χ0n) is 15.6. The molecule has 1 N–H and O–H groups in total. The summed E-state index contributed by atoms with van der Waals surface area (Å²) in [7, 11) is 1.30. The van der Waals surface area contributed by atoms with Gasteiger partial charge in [-0.3, -0.25) is 4.79 Å². The Hall–Kier alpha value is -3.53. The highest BCUT2D eigenvalue weighted by Gasteiger charge is 2.13. The van der Waals surface area contributed by atoms with Crippen molar-refractivity contribution in [3.05, 3.63) is 69.8 Å². The number of thioether (sulfide) groups is 1. The standard InChI is InChI=1S/C19H16N6O3S/c1-11-4-3-5-13(8-11)25-19(22-23-24-25)29-10-16-20-15-9-12(18(27)28-2)6-7-14(15)17(26)21-16/h3-9H,10H2,1-2H3,(H,20,21,26). The van der Waals surface area contributed by atoms with Crippen molar-refractivity contribution in [2.75, 3.05) is 7.11 Å². The van der Waals surface area contributed by atoms with Crippen molar-refractivity contribution in [1.29, 1.82) is 0 Å². The molecule has 4 rings (SSSR count). The molecular formula is C19H16N6O3S. The normalized spacial score (nSPS) is 11.0. The Morgan fingerprint density at radius 2 is 2.10 bits per heavy atom. The Morgan fingerprint density at radius 3 is 2.90 bits per heavy atom.